The summed E-state index contributed by atoms with van der Waals surface area (Å²) in [6.45, 7) is 10.3. The standard InChI is InChI=1S/C8H23N5.C3H3N/c9-1-3-11-5-7-13-8-6-12-4-2-10;1-2-3-4/h11-13H,1-10H2;2H,1H2. The van der Waals surface area contributed by atoms with Crippen LogP contribution in [0.3, 0.4) is 0 Å². The maximum absolute atomic E-state index is 7.51. The molecule has 0 saturated heterocycles. The fraction of sp³-hybridized carbons (Fsp3) is 0.727. The predicted molar refractivity (Wildman–Crippen MR) is 72.5 cm³/mol. The Morgan fingerprint density at radius 2 is 1.18 bits per heavy atom. The van der Waals surface area contributed by atoms with Crippen molar-refractivity contribution in [3.05, 3.63) is 12.7 Å². The molecule has 6 heteroatoms. The molecular formula is C11H26N6. The highest BCUT2D eigenvalue weighted by atomic mass is 15.0. The number of nitrogens with two attached hydrogens (primary N) is 2. The first kappa shape index (κ1) is 18.4. The molecule has 0 aliphatic heterocycles. The smallest absolute Gasteiger partial charge is 0.0905 e. The van der Waals surface area contributed by atoms with Crippen LogP contribution in [0.2, 0.25) is 0 Å². The molecule has 0 unspecified atom stereocenters. The summed E-state index contributed by atoms with van der Waals surface area (Å²) in [6, 6.07) is 1.69. The Morgan fingerprint density at radius 3 is 1.41 bits per heavy atom. The Hall–Kier alpha value is -0.970. The molecule has 6 nitrogen and oxygen atoms in total. The minimum absolute atomic E-state index is 0.706. The molecule has 17 heavy (non-hydrogen) atoms. The molecule has 0 radical (unpaired) electrons. The first-order valence-electron chi connectivity index (χ1n) is 5.86. The molecule has 0 amide bonds. The molecule has 0 heterocycles. The topological polar surface area (TPSA) is 112 Å². The third-order valence-electron chi connectivity index (χ3n) is 1.69. The van der Waals surface area contributed by atoms with E-state index in [2.05, 4.69) is 22.5 Å². The van der Waals surface area contributed by atoms with Gasteiger partial charge in [-0.2, -0.15) is 5.26 Å². The monoisotopic (exact) mass is 242 g/mol. The van der Waals surface area contributed by atoms with Crippen molar-refractivity contribution in [2.24, 2.45) is 11.5 Å². The van der Waals surface area contributed by atoms with Crippen LogP contribution >= 0.6 is 0 Å². The Morgan fingerprint density at radius 1 is 0.882 bits per heavy atom. The maximum atomic E-state index is 7.51. The predicted octanol–water partition coefficient (Wildman–Crippen LogP) is -1.63. The molecule has 0 fully saturated rings. The third-order valence-corrected chi connectivity index (χ3v) is 1.69. The highest BCUT2D eigenvalue weighted by Crippen LogP contribution is 1.60. The van der Waals surface area contributed by atoms with Crippen molar-refractivity contribution < 1.29 is 0 Å². The van der Waals surface area contributed by atoms with E-state index in [0.29, 0.717) is 13.1 Å². The summed E-state index contributed by atoms with van der Waals surface area (Å²) in [6.07, 6.45) is 1.18. The summed E-state index contributed by atoms with van der Waals surface area (Å²) in [5.74, 6) is 0. The summed E-state index contributed by atoms with van der Waals surface area (Å²) in [5, 5.41) is 17.2. The van der Waals surface area contributed by atoms with Crippen LogP contribution in [0.1, 0.15) is 0 Å². The van der Waals surface area contributed by atoms with Gasteiger partial charge in [0, 0.05) is 58.4 Å². The Balaban J connectivity index is 0. The van der Waals surface area contributed by atoms with E-state index in [1.54, 1.807) is 6.07 Å². The molecule has 0 aromatic carbocycles. The molecule has 0 aliphatic carbocycles. The molecule has 0 rings (SSSR count). The summed E-state index contributed by atoms with van der Waals surface area (Å²) in [7, 11) is 0. The van der Waals surface area contributed by atoms with Gasteiger partial charge in [-0.05, 0) is 0 Å². The lowest BCUT2D eigenvalue weighted by atomic mass is 10.5. The zero-order chi connectivity index (χ0) is 13.2. The number of nitrogens with one attached hydrogen (secondary N) is 3. The minimum atomic E-state index is 0.706. The van der Waals surface area contributed by atoms with E-state index in [0.717, 1.165) is 39.3 Å². The Kier molecular flexibility index (Phi) is 22.1. The van der Waals surface area contributed by atoms with Gasteiger partial charge < -0.3 is 27.4 Å². The Bertz CT molecular complexity index is 167. The third kappa shape index (κ3) is 25.4. The van der Waals surface area contributed by atoms with Crippen molar-refractivity contribution in [3.8, 4) is 6.07 Å². The van der Waals surface area contributed by atoms with Crippen LogP contribution in [-0.4, -0.2) is 52.4 Å². The zero-order valence-electron chi connectivity index (χ0n) is 10.5. The lowest BCUT2D eigenvalue weighted by molar-refractivity contribution is 0.586. The number of nitrogens with zero attached hydrogens (tertiary/aromatic N) is 1. The first-order chi connectivity index (χ1) is 8.33. The van der Waals surface area contributed by atoms with Gasteiger partial charge in [-0.1, -0.05) is 6.58 Å². The van der Waals surface area contributed by atoms with Crippen LogP contribution in [0.25, 0.3) is 0 Å². The van der Waals surface area contributed by atoms with Gasteiger partial charge in [0.2, 0.25) is 0 Å². The van der Waals surface area contributed by atoms with Gasteiger partial charge in [0.25, 0.3) is 0 Å². The molecular weight excluding hydrogens is 216 g/mol. The zero-order valence-corrected chi connectivity index (χ0v) is 10.5. The van der Waals surface area contributed by atoms with E-state index >= 15 is 0 Å². The highest BCUT2D eigenvalue weighted by molar-refractivity contribution is 4.93. The largest absolute Gasteiger partial charge is 0.329 e. The second-order valence-electron chi connectivity index (χ2n) is 3.16. The number of hydrogen-bond acceptors (Lipinski definition) is 6. The second-order valence-corrected chi connectivity index (χ2v) is 3.16. The van der Waals surface area contributed by atoms with E-state index in [-0.39, 0.29) is 0 Å². The van der Waals surface area contributed by atoms with Crippen LogP contribution in [-0.2, 0) is 0 Å². The molecule has 7 N–H and O–H groups in total. The molecule has 0 atom stereocenters. The van der Waals surface area contributed by atoms with Crippen molar-refractivity contribution in [1.82, 2.24) is 16.0 Å². The van der Waals surface area contributed by atoms with Crippen molar-refractivity contribution in [2.75, 3.05) is 52.4 Å². The lowest BCUT2D eigenvalue weighted by Crippen LogP contribution is -2.35. The van der Waals surface area contributed by atoms with Crippen LogP contribution in [0.5, 0.6) is 0 Å². The van der Waals surface area contributed by atoms with Crippen molar-refractivity contribution in [1.29, 1.82) is 5.26 Å². The minimum Gasteiger partial charge on any atom is -0.329 e. The average molecular weight is 242 g/mol. The van der Waals surface area contributed by atoms with Crippen molar-refractivity contribution in [2.45, 2.75) is 0 Å². The second kappa shape index (κ2) is 20.4. The molecule has 0 aliphatic rings. The van der Waals surface area contributed by atoms with Gasteiger partial charge in [0.1, 0.15) is 0 Å². The molecule has 0 aromatic heterocycles. The Labute approximate surface area is 104 Å². The number of rotatable bonds is 10. The summed E-state index contributed by atoms with van der Waals surface area (Å²) >= 11 is 0. The van der Waals surface area contributed by atoms with Crippen LogP contribution in [0.15, 0.2) is 12.7 Å². The summed E-state index contributed by atoms with van der Waals surface area (Å²) < 4.78 is 0. The fourth-order valence-corrected chi connectivity index (χ4v) is 0.933. The summed E-state index contributed by atoms with van der Waals surface area (Å²) in [5.41, 5.74) is 10.6. The van der Waals surface area contributed by atoms with Gasteiger partial charge in [-0.3, -0.25) is 0 Å². The van der Waals surface area contributed by atoms with Gasteiger partial charge >= 0.3 is 0 Å². The number of nitriles is 1. The van der Waals surface area contributed by atoms with E-state index in [9.17, 15) is 0 Å². The summed E-state index contributed by atoms with van der Waals surface area (Å²) in [4.78, 5) is 0. The van der Waals surface area contributed by atoms with E-state index in [1.807, 2.05) is 0 Å². The molecule has 0 saturated carbocycles. The molecule has 0 spiro atoms. The van der Waals surface area contributed by atoms with Gasteiger partial charge in [-0.15, -0.1) is 0 Å². The van der Waals surface area contributed by atoms with Crippen molar-refractivity contribution in [3.63, 3.8) is 0 Å². The van der Waals surface area contributed by atoms with Gasteiger partial charge in [0.05, 0.1) is 6.07 Å². The van der Waals surface area contributed by atoms with Crippen LogP contribution in [0.4, 0.5) is 0 Å². The SMILES string of the molecule is C=CC#N.NCCNCCNCCNCCN. The first-order valence-corrected chi connectivity index (χ1v) is 5.86. The highest BCUT2D eigenvalue weighted by Gasteiger charge is 1.87. The maximum Gasteiger partial charge on any atom is 0.0905 e. The van der Waals surface area contributed by atoms with Gasteiger partial charge in [-0.25, -0.2) is 0 Å². The van der Waals surface area contributed by atoms with E-state index in [1.165, 1.54) is 6.08 Å². The number of hydrogen-bond donors (Lipinski definition) is 5. The van der Waals surface area contributed by atoms with E-state index < -0.39 is 0 Å². The van der Waals surface area contributed by atoms with E-state index in [4.69, 9.17) is 16.7 Å². The van der Waals surface area contributed by atoms with Crippen LogP contribution in [0, 0.1) is 11.3 Å². The molecule has 0 aromatic rings. The molecule has 100 valence electrons. The fourth-order valence-electron chi connectivity index (χ4n) is 0.933. The van der Waals surface area contributed by atoms with Gasteiger partial charge in [0.15, 0.2) is 0 Å². The average Bonchev–Trinajstić information content (AvgIpc) is 2.37. The molecule has 0 bridgehead atoms. The number of allylic oxidation sites excluding steroid dienone is 1. The quantitative estimate of drug-likeness (QED) is 0.232. The van der Waals surface area contributed by atoms with Crippen molar-refractivity contribution >= 4 is 0 Å². The lowest BCUT2D eigenvalue weighted by Gasteiger charge is -2.06. The normalized spacial score (nSPS) is 9.00. The van der Waals surface area contributed by atoms with Crippen LogP contribution < -0.4 is 27.4 Å².